The lowest BCUT2D eigenvalue weighted by molar-refractivity contribution is -0.137. The first-order chi connectivity index (χ1) is 11.3. The molecule has 0 N–H and O–H groups in total. The van der Waals surface area contributed by atoms with Crippen molar-refractivity contribution < 1.29 is 17.6 Å². The van der Waals surface area contributed by atoms with Crippen molar-refractivity contribution in [2.24, 2.45) is 0 Å². The minimum absolute atomic E-state index is 0.270. The lowest BCUT2D eigenvalue weighted by Gasteiger charge is -2.10. The van der Waals surface area contributed by atoms with Gasteiger partial charge in [-0.2, -0.15) is 18.4 Å². The zero-order chi connectivity index (χ0) is 17.5. The van der Waals surface area contributed by atoms with E-state index in [0.717, 1.165) is 12.1 Å². The van der Waals surface area contributed by atoms with E-state index in [1.807, 2.05) is 6.07 Å². The van der Waals surface area contributed by atoms with Crippen molar-refractivity contribution in [1.29, 1.82) is 5.26 Å². The lowest BCUT2D eigenvalue weighted by atomic mass is 10.1. The Balaban J connectivity index is 2.21. The van der Waals surface area contributed by atoms with Crippen molar-refractivity contribution in [3.8, 4) is 11.8 Å². The Bertz CT molecular complexity index is 944. The molecule has 0 saturated heterocycles. The van der Waals surface area contributed by atoms with Gasteiger partial charge in [0.2, 0.25) is 0 Å². The van der Waals surface area contributed by atoms with Crippen LogP contribution in [-0.4, -0.2) is 4.57 Å². The van der Waals surface area contributed by atoms with Crippen LogP contribution in [-0.2, 0) is 12.6 Å². The van der Waals surface area contributed by atoms with Crippen LogP contribution in [0.2, 0.25) is 0 Å². The molecule has 0 fully saturated rings. The van der Waals surface area contributed by atoms with Gasteiger partial charge in [-0.05, 0) is 48.4 Å². The molecule has 24 heavy (non-hydrogen) atoms. The fourth-order valence-electron chi connectivity index (χ4n) is 2.67. The summed E-state index contributed by atoms with van der Waals surface area (Å²) in [5, 5.41) is 9.67. The second kappa shape index (κ2) is 5.68. The number of rotatable bonds is 2. The molecule has 1 aromatic heterocycles. The summed E-state index contributed by atoms with van der Waals surface area (Å²) in [6.07, 6.45) is -2.43. The zero-order valence-corrected chi connectivity index (χ0v) is 12.7. The van der Waals surface area contributed by atoms with Gasteiger partial charge in [0.25, 0.3) is 0 Å². The monoisotopic (exact) mass is 332 g/mol. The molecule has 0 bridgehead atoms. The highest BCUT2D eigenvalue weighted by Gasteiger charge is 2.30. The average Bonchev–Trinajstić information content (AvgIpc) is 2.91. The van der Waals surface area contributed by atoms with Crippen molar-refractivity contribution in [3.63, 3.8) is 0 Å². The summed E-state index contributed by atoms with van der Waals surface area (Å²) in [5.41, 5.74) is 1.07. The van der Waals surface area contributed by atoms with Crippen LogP contribution in [0, 0.1) is 17.1 Å². The highest BCUT2D eigenvalue weighted by Crippen LogP contribution is 2.31. The smallest absolute Gasteiger partial charge is 0.315 e. The van der Waals surface area contributed by atoms with Gasteiger partial charge >= 0.3 is 6.18 Å². The molecule has 0 aliphatic rings. The van der Waals surface area contributed by atoms with Crippen LogP contribution in [0.3, 0.4) is 0 Å². The SMILES string of the molecule is CCc1cc2c(cc1F)c(C#N)cn2-c1ccc(C(F)(F)F)cc1. The molecule has 3 aromatic rings. The van der Waals surface area contributed by atoms with Gasteiger partial charge in [0.1, 0.15) is 11.9 Å². The molecular formula is C18H12F4N2. The summed E-state index contributed by atoms with van der Waals surface area (Å²) in [6, 6.07) is 9.55. The quantitative estimate of drug-likeness (QED) is 0.591. The second-order valence-corrected chi connectivity index (χ2v) is 5.38. The van der Waals surface area contributed by atoms with E-state index in [9.17, 15) is 22.8 Å². The van der Waals surface area contributed by atoms with Crippen LogP contribution >= 0.6 is 0 Å². The molecule has 0 radical (unpaired) electrons. The number of halogens is 4. The van der Waals surface area contributed by atoms with Crippen molar-refractivity contribution in [2.75, 3.05) is 0 Å². The fourth-order valence-corrected chi connectivity index (χ4v) is 2.67. The molecule has 2 nitrogen and oxygen atoms in total. The number of hydrogen-bond donors (Lipinski definition) is 0. The van der Waals surface area contributed by atoms with Crippen LogP contribution < -0.4 is 0 Å². The number of fused-ring (bicyclic) bond motifs is 1. The van der Waals surface area contributed by atoms with Crippen molar-refractivity contribution in [3.05, 3.63) is 65.1 Å². The maximum absolute atomic E-state index is 14.0. The highest BCUT2D eigenvalue weighted by atomic mass is 19.4. The van der Waals surface area contributed by atoms with E-state index in [1.54, 1.807) is 17.6 Å². The minimum atomic E-state index is -4.41. The predicted molar refractivity (Wildman–Crippen MR) is 82.3 cm³/mol. The Morgan fingerprint density at radius 2 is 1.79 bits per heavy atom. The number of alkyl halides is 3. The van der Waals surface area contributed by atoms with Gasteiger partial charge < -0.3 is 4.57 Å². The number of aryl methyl sites for hydroxylation is 1. The second-order valence-electron chi connectivity index (χ2n) is 5.38. The molecule has 0 aliphatic heterocycles. The van der Waals surface area contributed by atoms with E-state index in [1.165, 1.54) is 24.4 Å². The summed E-state index contributed by atoms with van der Waals surface area (Å²) < 4.78 is 53.6. The van der Waals surface area contributed by atoms with Gasteiger partial charge in [0, 0.05) is 17.3 Å². The van der Waals surface area contributed by atoms with Crippen LogP contribution in [0.1, 0.15) is 23.6 Å². The summed E-state index contributed by atoms with van der Waals surface area (Å²) >= 11 is 0. The normalized spacial score (nSPS) is 11.7. The third kappa shape index (κ3) is 2.62. The Kier molecular flexibility index (Phi) is 3.80. The first-order valence-electron chi connectivity index (χ1n) is 7.26. The van der Waals surface area contributed by atoms with Gasteiger partial charge in [0.05, 0.1) is 16.6 Å². The summed E-state index contributed by atoms with van der Waals surface area (Å²) in [5.74, 6) is -0.397. The van der Waals surface area contributed by atoms with Crippen LogP contribution in [0.25, 0.3) is 16.6 Å². The van der Waals surface area contributed by atoms with Gasteiger partial charge in [-0.15, -0.1) is 0 Å². The van der Waals surface area contributed by atoms with E-state index in [2.05, 4.69) is 0 Å². The predicted octanol–water partition coefficient (Wildman–Crippen LogP) is 5.22. The van der Waals surface area contributed by atoms with Crippen LogP contribution in [0.15, 0.2) is 42.6 Å². The molecule has 0 unspecified atom stereocenters. The Labute approximate surface area is 135 Å². The maximum Gasteiger partial charge on any atom is 0.416 e. The molecule has 0 saturated carbocycles. The highest BCUT2D eigenvalue weighted by molar-refractivity contribution is 5.88. The lowest BCUT2D eigenvalue weighted by Crippen LogP contribution is -2.04. The minimum Gasteiger partial charge on any atom is -0.315 e. The number of nitriles is 1. The molecule has 3 rings (SSSR count). The standard InChI is InChI=1S/C18H12F4N2/c1-2-11-7-17-15(8-16(11)19)12(9-23)10-24(17)14-5-3-13(4-6-14)18(20,21)22/h3-8,10H,2H2,1H3. The van der Waals surface area contributed by atoms with Gasteiger partial charge in [-0.1, -0.05) is 6.92 Å². The third-order valence-electron chi connectivity index (χ3n) is 3.95. The molecular weight excluding hydrogens is 320 g/mol. The van der Waals surface area contributed by atoms with Crippen molar-refractivity contribution in [2.45, 2.75) is 19.5 Å². The average molecular weight is 332 g/mol. The third-order valence-corrected chi connectivity index (χ3v) is 3.95. The Morgan fingerprint density at radius 3 is 2.33 bits per heavy atom. The zero-order valence-electron chi connectivity index (χ0n) is 12.7. The molecule has 0 amide bonds. The molecule has 122 valence electrons. The summed E-state index contributed by atoms with van der Waals surface area (Å²) in [7, 11) is 0. The van der Waals surface area contributed by atoms with Crippen LogP contribution in [0.4, 0.5) is 17.6 Å². The van der Waals surface area contributed by atoms with E-state index < -0.39 is 17.6 Å². The molecule has 0 spiro atoms. The van der Waals surface area contributed by atoms with Gasteiger partial charge in [-0.25, -0.2) is 4.39 Å². The largest absolute Gasteiger partial charge is 0.416 e. The van der Waals surface area contributed by atoms with E-state index in [0.29, 0.717) is 28.6 Å². The van der Waals surface area contributed by atoms with Gasteiger partial charge in [-0.3, -0.25) is 0 Å². The summed E-state index contributed by atoms with van der Waals surface area (Å²) in [4.78, 5) is 0. The number of hydrogen-bond acceptors (Lipinski definition) is 1. The molecule has 1 heterocycles. The van der Waals surface area contributed by atoms with E-state index >= 15 is 0 Å². The van der Waals surface area contributed by atoms with Crippen molar-refractivity contribution >= 4 is 10.9 Å². The first kappa shape index (κ1) is 16.1. The number of benzene rings is 2. The van der Waals surface area contributed by atoms with Crippen LogP contribution in [0.5, 0.6) is 0 Å². The van der Waals surface area contributed by atoms with E-state index in [-0.39, 0.29) is 5.56 Å². The van der Waals surface area contributed by atoms with Gasteiger partial charge in [0.15, 0.2) is 0 Å². The molecule has 2 aromatic carbocycles. The Hall–Kier alpha value is -2.81. The molecule has 6 heteroatoms. The number of aromatic nitrogens is 1. The molecule has 0 atom stereocenters. The number of nitrogens with zero attached hydrogens (tertiary/aromatic N) is 2. The fraction of sp³-hybridized carbons (Fsp3) is 0.167. The summed E-state index contributed by atoms with van der Waals surface area (Å²) in [6.45, 7) is 1.81. The van der Waals surface area contributed by atoms with Crippen molar-refractivity contribution in [1.82, 2.24) is 4.57 Å². The molecule has 0 aliphatic carbocycles. The first-order valence-corrected chi connectivity index (χ1v) is 7.26. The van der Waals surface area contributed by atoms with E-state index in [4.69, 9.17) is 0 Å². The topological polar surface area (TPSA) is 28.7 Å². The Morgan fingerprint density at radius 1 is 1.12 bits per heavy atom. The maximum atomic E-state index is 14.0.